The molecule has 1 heterocycles. The Kier molecular flexibility index (Phi) is 4.78. The molecule has 9 heteroatoms. The molecule has 2 N–H and O–H groups in total. The summed E-state index contributed by atoms with van der Waals surface area (Å²) in [5.41, 5.74) is 5.82. The molecule has 6 nitrogen and oxygen atoms in total. The minimum atomic E-state index is -3.75. The van der Waals surface area contributed by atoms with E-state index in [0.717, 1.165) is 5.56 Å². The molecule has 2 aromatic rings. The van der Waals surface area contributed by atoms with E-state index in [2.05, 4.69) is 0 Å². The van der Waals surface area contributed by atoms with Crippen molar-refractivity contribution in [3.63, 3.8) is 0 Å². The number of hydrogen-bond donors (Lipinski definition) is 1. The summed E-state index contributed by atoms with van der Waals surface area (Å²) in [6.07, 6.45) is 0. The summed E-state index contributed by atoms with van der Waals surface area (Å²) < 4.78 is 43.0. The van der Waals surface area contributed by atoms with Crippen LogP contribution >= 0.6 is 23.8 Å². The van der Waals surface area contributed by atoms with Gasteiger partial charge in [-0.05, 0) is 42.0 Å². The Labute approximate surface area is 173 Å². The predicted octanol–water partition coefficient (Wildman–Crippen LogP) is 2.93. The lowest BCUT2D eigenvalue weighted by Gasteiger charge is -2.16. The maximum absolute atomic E-state index is 13.4. The lowest BCUT2D eigenvalue weighted by Crippen LogP contribution is -2.33. The Hall–Kier alpha value is -1.87. The van der Waals surface area contributed by atoms with Crippen LogP contribution in [0.3, 0.4) is 0 Å². The van der Waals surface area contributed by atoms with Crippen LogP contribution in [0.5, 0.6) is 11.5 Å². The third-order valence-electron chi connectivity index (χ3n) is 5.33. The number of fused-ring (bicyclic) bond motifs is 1. The van der Waals surface area contributed by atoms with E-state index in [1.807, 2.05) is 6.07 Å². The smallest absolute Gasteiger partial charge is 0.231 e. The fraction of sp³-hybridized carbons (Fsp3) is 0.316. The number of ether oxygens (including phenoxy) is 3. The van der Waals surface area contributed by atoms with Crippen LogP contribution in [-0.4, -0.2) is 39.2 Å². The van der Waals surface area contributed by atoms with Gasteiger partial charge in [0, 0.05) is 18.1 Å². The Balaban J connectivity index is 1.81. The molecule has 28 heavy (non-hydrogen) atoms. The SMILES string of the molecule is COC[C@]1(C(N)=S)[C@@H](c2ccc3c(c2)OCO3)[C@@H]1S(=O)(=O)c1ccc(Cl)cc1. The van der Waals surface area contributed by atoms with Crippen LogP contribution in [0.1, 0.15) is 11.5 Å². The van der Waals surface area contributed by atoms with Gasteiger partial charge in [0.15, 0.2) is 21.3 Å². The lowest BCUT2D eigenvalue weighted by molar-refractivity contribution is 0.166. The van der Waals surface area contributed by atoms with Crippen LogP contribution in [-0.2, 0) is 14.6 Å². The highest BCUT2D eigenvalue weighted by Gasteiger charge is 2.73. The molecule has 0 spiro atoms. The van der Waals surface area contributed by atoms with Crippen molar-refractivity contribution in [1.29, 1.82) is 0 Å². The summed E-state index contributed by atoms with van der Waals surface area (Å²) in [7, 11) is -2.25. The van der Waals surface area contributed by atoms with E-state index in [-0.39, 0.29) is 23.3 Å². The van der Waals surface area contributed by atoms with E-state index in [9.17, 15) is 8.42 Å². The van der Waals surface area contributed by atoms with Crippen molar-refractivity contribution in [3.8, 4) is 11.5 Å². The van der Waals surface area contributed by atoms with Crippen molar-refractivity contribution in [3.05, 3.63) is 53.1 Å². The van der Waals surface area contributed by atoms with Gasteiger partial charge in [0.1, 0.15) is 0 Å². The third-order valence-corrected chi connectivity index (χ3v) is 8.25. The number of rotatable bonds is 6. The van der Waals surface area contributed by atoms with Crippen molar-refractivity contribution in [1.82, 2.24) is 0 Å². The molecule has 0 bridgehead atoms. The minimum absolute atomic E-state index is 0.0962. The molecule has 148 valence electrons. The van der Waals surface area contributed by atoms with Gasteiger partial charge in [0.05, 0.1) is 27.2 Å². The van der Waals surface area contributed by atoms with Gasteiger partial charge in [-0.3, -0.25) is 0 Å². The van der Waals surface area contributed by atoms with Crippen LogP contribution in [0.4, 0.5) is 0 Å². The molecule has 1 fully saturated rings. The lowest BCUT2D eigenvalue weighted by atomic mass is 9.99. The monoisotopic (exact) mass is 439 g/mol. The zero-order valence-corrected chi connectivity index (χ0v) is 17.3. The molecular weight excluding hydrogens is 422 g/mol. The van der Waals surface area contributed by atoms with E-state index in [0.29, 0.717) is 16.5 Å². The van der Waals surface area contributed by atoms with E-state index >= 15 is 0 Å². The predicted molar refractivity (Wildman–Crippen MR) is 109 cm³/mol. The first-order chi connectivity index (χ1) is 13.3. The summed E-state index contributed by atoms with van der Waals surface area (Å²) in [6, 6.07) is 11.4. The van der Waals surface area contributed by atoms with Gasteiger partial charge >= 0.3 is 0 Å². The third kappa shape index (κ3) is 2.86. The molecule has 1 aliphatic heterocycles. The maximum atomic E-state index is 13.4. The van der Waals surface area contributed by atoms with Crippen molar-refractivity contribution in [2.45, 2.75) is 16.1 Å². The zero-order chi connectivity index (χ0) is 20.1. The Morgan fingerprint density at radius 3 is 2.57 bits per heavy atom. The topological polar surface area (TPSA) is 87.8 Å². The minimum Gasteiger partial charge on any atom is -0.454 e. The maximum Gasteiger partial charge on any atom is 0.231 e. The normalized spacial score (nSPS) is 25.5. The summed E-state index contributed by atoms with van der Waals surface area (Å²) in [4.78, 5) is 0.279. The van der Waals surface area contributed by atoms with Crippen LogP contribution in [0.2, 0.25) is 5.02 Å². The fourth-order valence-corrected chi connectivity index (χ4v) is 6.88. The molecular formula is C19H18ClNO5S2. The number of benzene rings is 2. The second kappa shape index (κ2) is 6.88. The van der Waals surface area contributed by atoms with E-state index < -0.39 is 26.4 Å². The molecule has 0 aromatic heterocycles. The van der Waals surface area contributed by atoms with E-state index in [1.165, 1.54) is 19.2 Å². The highest BCUT2D eigenvalue weighted by Crippen LogP contribution is 2.65. The Morgan fingerprint density at radius 2 is 1.93 bits per heavy atom. The Bertz CT molecular complexity index is 1040. The zero-order valence-electron chi connectivity index (χ0n) is 14.9. The first-order valence-electron chi connectivity index (χ1n) is 8.50. The summed E-state index contributed by atoms with van der Waals surface area (Å²) in [5, 5.41) is -0.390. The van der Waals surface area contributed by atoms with Crippen molar-refractivity contribution in [2.75, 3.05) is 20.5 Å². The molecule has 3 atom stereocenters. The Morgan fingerprint density at radius 1 is 1.25 bits per heavy atom. The highest BCUT2D eigenvalue weighted by molar-refractivity contribution is 7.92. The van der Waals surface area contributed by atoms with Crippen molar-refractivity contribution in [2.24, 2.45) is 11.1 Å². The highest BCUT2D eigenvalue weighted by atomic mass is 35.5. The van der Waals surface area contributed by atoms with Crippen LogP contribution in [0.25, 0.3) is 0 Å². The summed E-state index contributed by atoms with van der Waals surface area (Å²) in [5.74, 6) is 0.732. The molecule has 0 radical (unpaired) electrons. The molecule has 0 saturated heterocycles. The van der Waals surface area contributed by atoms with Crippen LogP contribution < -0.4 is 15.2 Å². The summed E-state index contributed by atoms with van der Waals surface area (Å²) in [6.45, 7) is 0.230. The van der Waals surface area contributed by atoms with E-state index in [4.69, 9.17) is 43.8 Å². The van der Waals surface area contributed by atoms with Gasteiger partial charge in [-0.1, -0.05) is 29.9 Å². The first kappa shape index (κ1) is 19.4. The molecule has 2 aromatic carbocycles. The molecule has 0 amide bonds. The average molecular weight is 440 g/mol. The number of nitrogens with two attached hydrogens (primary N) is 1. The van der Waals surface area contributed by atoms with Gasteiger partial charge in [0.2, 0.25) is 6.79 Å². The van der Waals surface area contributed by atoms with Crippen LogP contribution in [0, 0.1) is 5.41 Å². The second-order valence-electron chi connectivity index (χ2n) is 6.85. The first-order valence-corrected chi connectivity index (χ1v) is 10.8. The molecule has 0 unspecified atom stereocenters. The number of methoxy groups -OCH3 is 1. The standard InChI is InChI=1S/C19H18ClNO5S2/c1-24-9-19(18(21)27)16(11-2-7-14-15(8-11)26-10-25-14)17(19)28(22,23)13-5-3-12(20)4-6-13/h2-8,16-17H,9-10H2,1H3,(H2,21,27)/t16-,17-,19-/m0/s1. The molecule has 2 aliphatic rings. The number of sulfone groups is 1. The average Bonchev–Trinajstić information content (AvgIpc) is 3.13. The second-order valence-corrected chi connectivity index (χ2v) is 9.79. The largest absolute Gasteiger partial charge is 0.454 e. The van der Waals surface area contributed by atoms with Crippen LogP contribution in [0.15, 0.2) is 47.4 Å². The van der Waals surface area contributed by atoms with Gasteiger partial charge in [0.25, 0.3) is 0 Å². The van der Waals surface area contributed by atoms with Gasteiger partial charge < -0.3 is 19.9 Å². The van der Waals surface area contributed by atoms with Gasteiger partial charge in [-0.25, -0.2) is 8.42 Å². The number of hydrogen-bond acceptors (Lipinski definition) is 6. The molecule has 1 aliphatic carbocycles. The number of halogens is 1. The quantitative estimate of drug-likeness (QED) is 0.692. The van der Waals surface area contributed by atoms with Crippen molar-refractivity contribution >= 4 is 38.6 Å². The molecule has 4 rings (SSSR count). The van der Waals surface area contributed by atoms with Gasteiger partial charge in [-0.15, -0.1) is 0 Å². The van der Waals surface area contributed by atoms with Crippen molar-refractivity contribution < 1.29 is 22.6 Å². The summed E-state index contributed by atoms with van der Waals surface area (Å²) >= 11 is 11.2. The number of thiocarbonyl (C=S) groups is 1. The van der Waals surface area contributed by atoms with E-state index in [1.54, 1.807) is 24.3 Å². The fourth-order valence-electron chi connectivity index (χ4n) is 3.99. The molecule has 1 saturated carbocycles. The van der Waals surface area contributed by atoms with Gasteiger partial charge in [-0.2, -0.15) is 0 Å².